The Morgan fingerprint density at radius 3 is 3.00 bits per heavy atom. The first kappa shape index (κ1) is 10.1. The maximum absolute atomic E-state index is 5.43. The Morgan fingerprint density at radius 1 is 1.57 bits per heavy atom. The summed E-state index contributed by atoms with van der Waals surface area (Å²) in [6.45, 7) is 6.92. The van der Waals surface area contributed by atoms with Crippen molar-refractivity contribution in [1.82, 2.24) is 4.90 Å². The average molecular weight is 197 g/mol. The fourth-order valence-corrected chi connectivity index (χ4v) is 2.89. The molecule has 2 fully saturated rings. The summed E-state index contributed by atoms with van der Waals surface area (Å²) in [5.41, 5.74) is 1.52. The quantitative estimate of drug-likeness (QED) is 0.631. The zero-order valence-corrected chi connectivity index (χ0v) is 9.08. The molecule has 14 heavy (non-hydrogen) atoms. The number of rotatable bonds is 3. The van der Waals surface area contributed by atoms with Crippen molar-refractivity contribution in [2.75, 3.05) is 33.9 Å². The van der Waals surface area contributed by atoms with Gasteiger partial charge in [-0.1, -0.05) is 12.2 Å². The second-order valence-corrected chi connectivity index (χ2v) is 4.53. The van der Waals surface area contributed by atoms with E-state index in [0.29, 0.717) is 6.10 Å². The lowest BCUT2D eigenvalue weighted by molar-refractivity contribution is 0.0635. The molecule has 80 valence electrons. The molecule has 2 aliphatic heterocycles. The van der Waals surface area contributed by atoms with E-state index in [0.717, 1.165) is 32.5 Å². The Balaban J connectivity index is 2.12. The monoisotopic (exact) mass is 197 g/mol. The van der Waals surface area contributed by atoms with Crippen LogP contribution in [-0.2, 0) is 9.47 Å². The van der Waals surface area contributed by atoms with Crippen LogP contribution >= 0.6 is 0 Å². The van der Waals surface area contributed by atoms with Gasteiger partial charge < -0.3 is 9.47 Å². The third-order valence-corrected chi connectivity index (χ3v) is 3.44. The molecule has 2 heterocycles. The Kier molecular flexibility index (Phi) is 2.64. The van der Waals surface area contributed by atoms with Crippen LogP contribution in [0.4, 0.5) is 0 Å². The van der Waals surface area contributed by atoms with Crippen LogP contribution in [0.3, 0.4) is 0 Å². The Bertz CT molecular complexity index is 241. The number of methoxy groups -OCH3 is 2. The van der Waals surface area contributed by atoms with E-state index in [1.165, 1.54) is 5.57 Å². The third-order valence-electron chi connectivity index (χ3n) is 3.44. The molecule has 0 aromatic heterocycles. The van der Waals surface area contributed by atoms with Gasteiger partial charge in [-0.05, 0) is 12.8 Å². The van der Waals surface area contributed by atoms with E-state index in [1.807, 2.05) is 0 Å². The molecule has 0 unspecified atom stereocenters. The van der Waals surface area contributed by atoms with Crippen molar-refractivity contribution in [2.24, 2.45) is 0 Å². The minimum atomic E-state index is 0.187. The van der Waals surface area contributed by atoms with Crippen LogP contribution in [-0.4, -0.2) is 50.5 Å². The maximum atomic E-state index is 5.43. The summed E-state index contributed by atoms with van der Waals surface area (Å²) in [7, 11) is 3.57. The molecular weight excluding hydrogens is 178 g/mol. The van der Waals surface area contributed by atoms with Gasteiger partial charge in [0.15, 0.2) is 0 Å². The van der Waals surface area contributed by atoms with Gasteiger partial charge in [-0.15, -0.1) is 0 Å². The van der Waals surface area contributed by atoms with E-state index in [-0.39, 0.29) is 5.54 Å². The number of fused-ring (bicyclic) bond motifs is 1. The molecule has 0 bridgehead atoms. The molecule has 2 atom stereocenters. The van der Waals surface area contributed by atoms with E-state index in [2.05, 4.69) is 11.5 Å². The fourth-order valence-electron chi connectivity index (χ4n) is 2.89. The van der Waals surface area contributed by atoms with Crippen molar-refractivity contribution in [3.05, 3.63) is 12.2 Å². The van der Waals surface area contributed by atoms with Crippen molar-refractivity contribution in [3.8, 4) is 0 Å². The van der Waals surface area contributed by atoms with Crippen molar-refractivity contribution >= 4 is 0 Å². The smallest absolute Gasteiger partial charge is 0.0717 e. The van der Waals surface area contributed by atoms with Crippen LogP contribution in [0.25, 0.3) is 0 Å². The predicted octanol–water partition coefficient (Wildman–Crippen LogP) is 1.05. The number of hydrogen-bond donors (Lipinski definition) is 0. The van der Waals surface area contributed by atoms with Crippen LogP contribution in [0.2, 0.25) is 0 Å². The lowest BCUT2D eigenvalue weighted by atomic mass is 9.93. The molecular formula is C11H19NO2. The topological polar surface area (TPSA) is 21.7 Å². The second kappa shape index (κ2) is 3.65. The van der Waals surface area contributed by atoms with Gasteiger partial charge in [-0.3, -0.25) is 4.90 Å². The van der Waals surface area contributed by atoms with Gasteiger partial charge in [0.25, 0.3) is 0 Å². The Hall–Kier alpha value is -0.380. The molecule has 0 radical (unpaired) electrons. The molecule has 0 aromatic rings. The van der Waals surface area contributed by atoms with E-state index < -0.39 is 0 Å². The zero-order chi connectivity index (χ0) is 10.2. The standard InChI is InChI=1S/C11H19NO2/c1-9-4-11(8-13-2)5-10(14-3)7-12(11)6-9/h10H,1,4-8H2,2-3H3/t10-,11-/m1/s1. The molecule has 3 heteroatoms. The lowest BCUT2D eigenvalue weighted by Crippen LogP contribution is -2.42. The maximum Gasteiger partial charge on any atom is 0.0717 e. The van der Waals surface area contributed by atoms with Crippen LogP contribution < -0.4 is 0 Å². The molecule has 0 saturated carbocycles. The number of hydrogen-bond acceptors (Lipinski definition) is 3. The summed E-state index contributed by atoms with van der Waals surface area (Å²) < 4.78 is 10.8. The highest BCUT2D eigenvalue weighted by atomic mass is 16.5. The van der Waals surface area contributed by atoms with Gasteiger partial charge in [-0.2, -0.15) is 0 Å². The zero-order valence-electron chi connectivity index (χ0n) is 9.08. The highest BCUT2D eigenvalue weighted by molar-refractivity contribution is 5.19. The largest absolute Gasteiger partial charge is 0.383 e. The van der Waals surface area contributed by atoms with Crippen LogP contribution in [0, 0.1) is 0 Å². The van der Waals surface area contributed by atoms with E-state index in [9.17, 15) is 0 Å². The predicted molar refractivity (Wildman–Crippen MR) is 55.4 cm³/mol. The van der Waals surface area contributed by atoms with Gasteiger partial charge in [0.2, 0.25) is 0 Å². The van der Waals surface area contributed by atoms with E-state index in [1.54, 1.807) is 14.2 Å². The third kappa shape index (κ3) is 1.49. The molecule has 2 saturated heterocycles. The summed E-state index contributed by atoms with van der Waals surface area (Å²) in [4.78, 5) is 2.47. The summed E-state index contributed by atoms with van der Waals surface area (Å²) in [5.74, 6) is 0. The lowest BCUT2D eigenvalue weighted by Gasteiger charge is -2.30. The minimum absolute atomic E-state index is 0.187. The molecule has 2 rings (SSSR count). The van der Waals surface area contributed by atoms with Crippen LogP contribution in [0.15, 0.2) is 12.2 Å². The summed E-state index contributed by atoms with van der Waals surface area (Å²) in [5, 5.41) is 0. The first-order valence-electron chi connectivity index (χ1n) is 5.13. The normalized spacial score (nSPS) is 37.9. The Labute approximate surface area is 85.7 Å². The van der Waals surface area contributed by atoms with Crippen molar-refractivity contribution < 1.29 is 9.47 Å². The molecule has 0 aromatic carbocycles. The molecule has 3 nitrogen and oxygen atoms in total. The molecule has 0 N–H and O–H groups in total. The molecule has 0 amide bonds. The Morgan fingerprint density at radius 2 is 2.36 bits per heavy atom. The summed E-state index contributed by atoms with van der Waals surface area (Å²) in [6.07, 6.45) is 2.52. The second-order valence-electron chi connectivity index (χ2n) is 4.53. The molecule has 0 spiro atoms. The average Bonchev–Trinajstić information content (AvgIpc) is 2.57. The van der Waals surface area contributed by atoms with Gasteiger partial charge in [-0.25, -0.2) is 0 Å². The fraction of sp³-hybridized carbons (Fsp3) is 0.818. The van der Waals surface area contributed by atoms with Crippen molar-refractivity contribution in [2.45, 2.75) is 24.5 Å². The van der Waals surface area contributed by atoms with Gasteiger partial charge in [0.1, 0.15) is 0 Å². The SMILES string of the molecule is C=C1CN2C[C@H](OC)C[C@@]2(COC)C1. The summed E-state index contributed by atoms with van der Waals surface area (Å²) in [6, 6.07) is 0. The van der Waals surface area contributed by atoms with Crippen LogP contribution in [0.5, 0.6) is 0 Å². The highest BCUT2D eigenvalue weighted by Crippen LogP contribution is 2.41. The van der Waals surface area contributed by atoms with Crippen molar-refractivity contribution in [3.63, 3.8) is 0 Å². The van der Waals surface area contributed by atoms with E-state index in [4.69, 9.17) is 9.47 Å². The van der Waals surface area contributed by atoms with Crippen LogP contribution in [0.1, 0.15) is 12.8 Å². The number of ether oxygens (including phenoxy) is 2. The first-order valence-corrected chi connectivity index (χ1v) is 5.13. The molecule has 2 aliphatic rings. The molecule has 0 aliphatic carbocycles. The van der Waals surface area contributed by atoms with Crippen molar-refractivity contribution in [1.29, 1.82) is 0 Å². The van der Waals surface area contributed by atoms with Gasteiger partial charge >= 0.3 is 0 Å². The first-order chi connectivity index (χ1) is 6.70. The minimum Gasteiger partial charge on any atom is -0.383 e. The number of nitrogens with zero attached hydrogens (tertiary/aromatic N) is 1. The van der Waals surface area contributed by atoms with Gasteiger partial charge in [0, 0.05) is 27.3 Å². The highest BCUT2D eigenvalue weighted by Gasteiger charge is 2.49. The summed E-state index contributed by atoms with van der Waals surface area (Å²) >= 11 is 0. The van der Waals surface area contributed by atoms with Gasteiger partial charge in [0.05, 0.1) is 18.2 Å². The van der Waals surface area contributed by atoms with E-state index >= 15 is 0 Å².